The van der Waals surface area contributed by atoms with Crippen LogP contribution in [0.1, 0.15) is 32.8 Å². The number of hydrogen-bond donors (Lipinski definition) is 1. The van der Waals surface area contributed by atoms with E-state index in [0.717, 1.165) is 25.6 Å². The van der Waals surface area contributed by atoms with Gasteiger partial charge in [0, 0.05) is 43.3 Å². The summed E-state index contributed by atoms with van der Waals surface area (Å²) in [6.45, 7) is 8.94. The molecule has 0 radical (unpaired) electrons. The molecule has 1 heterocycles. The predicted octanol–water partition coefficient (Wildman–Crippen LogP) is 3.17. The number of nitrogens with zero attached hydrogens (tertiary/aromatic N) is 1. The summed E-state index contributed by atoms with van der Waals surface area (Å²) in [4.78, 5) is 2.28. The van der Waals surface area contributed by atoms with Crippen LogP contribution >= 0.6 is 0 Å². The summed E-state index contributed by atoms with van der Waals surface area (Å²) < 4.78 is 26.7. The van der Waals surface area contributed by atoms with Gasteiger partial charge in [0.05, 0.1) is 0 Å². The molecule has 0 bridgehead atoms. The fourth-order valence-electron chi connectivity index (χ4n) is 2.70. The third kappa shape index (κ3) is 3.55. The van der Waals surface area contributed by atoms with Crippen molar-refractivity contribution < 1.29 is 8.78 Å². The number of rotatable bonds is 4. The molecular formula is C16H24F2N2. The highest BCUT2D eigenvalue weighted by molar-refractivity contribution is 5.18. The summed E-state index contributed by atoms with van der Waals surface area (Å²) >= 11 is 0. The topological polar surface area (TPSA) is 15.3 Å². The molecule has 1 saturated heterocycles. The molecule has 2 nitrogen and oxygen atoms in total. The smallest absolute Gasteiger partial charge is 0.130 e. The highest BCUT2D eigenvalue weighted by Crippen LogP contribution is 2.19. The van der Waals surface area contributed by atoms with Gasteiger partial charge in [-0.3, -0.25) is 4.90 Å². The van der Waals surface area contributed by atoms with Crippen molar-refractivity contribution in [1.29, 1.82) is 0 Å². The lowest BCUT2D eigenvalue weighted by atomic mass is 9.95. The van der Waals surface area contributed by atoms with Crippen molar-refractivity contribution in [1.82, 2.24) is 10.2 Å². The van der Waals surface area contributed by atoms with Gasteiger partial charge in [-0.2, -0.15) is 0 Å². The molecule has 112 valence electrons. The van der Waals surface area contributed by atoms with Crippen LogP contribution in [0, 0.1) is 17.6 Å². The Balaban J connectivity index is 2.06. The van der Waals surface area contributed by atoms with Gasteiger partial charge in [-0.05, 0) is 18.9 Å². The van der Waals surface area contributed by atoms with Gasteiger partial charge in [0.1, 0.15) is 11.6 Å². The van der Waals surface area contributed by atoms with Gasteiger partial charge < -0.3 is 5.32 Å². The largest absolute Gasteiger partial charge is 0.311 e. The molecule has 2 rings (SSSR count). The number of piperazine rings is 1. The first-order valence-electron chi connectivity index (χ1n) is 7.42. The second-order valence-corrected chi connectivity index (χ2v) is 5.91. The minimum atomic E-state index is -0.517. The maximum Gasteiger partial charge on any atom is 0.130 e. The fourth-order valence-corrected chi connectivity index (χ4v) is 2.70. The Morgan fingerprint density at radius 2 is 2.15 bits per heavy atom. The zero-order valence-electron chi connectivity index (χ0n) is 12.5. The van der Waals surface area contributed by atoms with E-state index in [1.807, 2.05) is 0 Å². The second-order valence-electron chi connectivity index (χ2n) is 5.91. The Morgan fingerprint density at radius 3 is 2.80 bits per heavy atom. The molecule has 1 aromatic carbocycles. The first-order chi connectivity index (χ1) is 9.51. The fraction of sp³-hybridized carbons (Fsp3) is 0.625. The zero-order valence-corrected chi connectivity index (χ0v) is 12.5. The highest BCUT2D eigenvalue weighted by Gasteiger charge is 2.28. The molecule has 3 atom stereocenters. The first kappa shape index (κ1) is 15.4. The van der Waals surface area contributed by atoms with E-state index < -0.39 is 11.6 Å². The number of halogens is 2. The molecule has 1 aliphatic heterocycles. The van der Waals surface area contributed by atoms with E-state index in [9.17, 15) is 8.78 Å². The van der Waals surface area contributed by atoms with Crippen LogP contribution in [0.25, 0.3) is 0 Å². The lowest BCUT2D eigenvalue weighted by Gasteiger charge is -2.41. The molecule has 20 heavy (non-hydrogen) atoms. The normalized spacial score (nSPS) is 25.6. The van der Waals surface area contributed by atoms with E-state index in [0.29, 0.717) is 30.1 Å². The maximum absolute atomic E-state index is 13.8. The van der Waals surface area contributed by atoms with Crippen LogP contribution in [0.2, 0.25) is 0 Å². The van der Waals surface area contributed by atoms with Crippen LogP contribution in [0.3, 0.4) is 0 Å². The van der Waals surface area contributed by atoms with Crippen molar-refractivity contribution in [2.45, 2.75) is 45.8 Å². The average Bonchev–Trinajstić information content (AvgIpc) is 2.43. The SMILES string of the molecule is CCC(C)C1CN(Cc2ccc(F)cc2F)C(C)CN1. The minimum Gasteiger partial charge on any atom is -0.311 e. The van der Waals surface area contributed by atoms with E-state index in [2.05, 4.69) is 31.0 Å². The van der Waals surface area contributed by atoms with E-state index in [-0.39, 0.29) is 0 Å². The summed E-state index contributed by atoms with van der Waals surface area (Å²) in [6.07, 6.45) is 1.13. The predicted molar refractivity (Wildman–Crippen MR) is 77.5 cm³/mol. The van der Waals surface area contributed by atoms with Crippen LogP contribution in [0.15, 0.2) is 18.2 Å². The van der Waals surface area contributed by atoms with Crippen molar-refractivity contribution in [2.24, 2.45) is 5.92 Å². The van der Waals surface area contributed by atoms with Crippen molar-refractivity contribution in [3.8, 4) is 0 Å². The standard InChI is InChI=1S/C16H24F2N2/c1-4-11(2)16-10-20(12(3)8-19-16)9-13-5-6-14(17)7-15(13)18/h5-7,11-12,16,19H,4,8-10H2,1-3H3. The molecule has 1 aliphatic rings. The zero-order chi connectivity index (χ0) is 14.7. The minimum absolute atomic E-state index is 0.361. The molecule has 3 unspecified atom stereocenters. The summed E-state index contributed by atoms with van der Waals surface area (Å²) in [7, 11) is 0. The number of hydrogen-bond acceptors (Lipinski definition) is 2. The molecule has 0 amide bonds. The molecule has 1 fully saturated rings. The third-order valence-electron chi connectivity index (χ3n) is 4.45. The van der Waals surface area contributed by atoms with Crippen molar-refractivity contribution in [3.63, 3.8) is 0 Å². The Bertz CT molecular complexity index is 450. The maximum atomic E-state index is 13.8. The Labute approximate surface area is 120 Å². The Hall–Kier alpha value is -1.00. The van der Waals surface area contributed by atoms with Gasteiger partial charge in [0.2, 0.25) is 0 Å². The number of nitrogens with one attached hydrogen (secondary N) is 1. The molecule has 4 heteroatoms. The Morgan fingerprint density at radius 1 is 1.40 bits per heavy atom. The van der Waals surface area contributed by atoms with Crippen LogP contribution in [-0.2, 0) is 6.54 Å². The quantitative estimate of drug-likeness (QED) is 0.912. The second kappa shape index (κ2) is 6.64. The van der Waals surface area contributed by atoms with Gasteiger partial charge in [-0.1, -0.05) is 26.3 Å². The van der Waals surface area contributed by atoms with Crippen molar-refractivity contribution in [2.75, 3.05) is 13.1 Å². The van der Waals surface area contributed by atoms with Gasteiger partial charge in [-0.25, -0.2) is 8.78 Å². The molecule has 0 saturated carbocycles. The summed E-state index contributed by atoms with van der Waals surface area (Å²) in [5.41, 5.74) is 0.572. The van der Waals surface area contributed by atoms with Crippen LogP contribution in [0.5, 0.6) is 0 Å². The molecule has 0 aromatic heterocycles. The monoisotopic (exact) mass is 282 g/mol. The van der Waals surface area contributed by atoms with E-state index in [1.54, 1.807) is 6.07 Å². The van der Waals surface area contributed by atoms with Crippen LogP contribution in [0.4, 0.5) is 8.78 Å². The van der Waals surface area contributed by atoms with Gasteiger partial charge in [0.25, 0.3) is 0 Å². The lowest BCUT2D eigenvalue weighted by Crippen LogP contribution is -2.57. The number of benzene rings is 1. The molecule has 0 aliphatic carbocycles. The van der Waals surface area contributed by atoms with Crippen LogP contribution in [-0.4, -0.2) is 30.1 Å². The average molecular weight is 282 g/mol. The van der Waals surface area contributed by atoms with Gasteiger partial charge in [-0.15, -0.1) is 0 Å². The summed E-state index contributed by atoms with van der Waals surface area (Å²) in [5.74, 6) is -0.365. The van der Waals surface area contributed by atoms with Crippen molar-refractivity contribution in [3.05, 3.63) is 35.4 Å². The van der Waals surface area contributed by atoms with Gasteiger partial charge >= 0.3 is 0 Å². The van der Waals surface area contributed by atoms with E-state index >= 15 is 0 Å². The summed E-state index contributed by atoms with van der Waals surface area (Å²) in [5, 5.41) is 3.56. The Kier molecular flexibility index (Phi) is 5.11. The molecule has 0 spiro atoms. The molecular weight excluding hydrogens is 258 g/mol. The summed E-state index contributed by atoms with van der Waals surface area (Å²) in [6, 6.07) is 4.66. The van der Waals surface area contributed by atoms with Gasteiger partial charge in [0.15, 0.2) is 0 Å². The van der Waals surface area contributed by atoms with Crippen LogP contribution < -0.4 is 5.32 Å². The van der Waals surface area contributed by atoms with Crippen molar-refractivity contribution >= 4 is 0 Å². The lowest BCUT2D eigenvalue weighted by molar-refractivity contribution is 0.110. The molecule has 1 aromatic rings. The molecule has 1 N–H and O–H groups in total. The van der Waals surface area contributed by atoms with E-state index in [4.69, 9.17) is 0 Å². The highest BCUT2D eigenvalue weighted by atomic mass is 19.1. The first-order valence-corrected chi connectivity index (χ1v) is 7.42. The van der Waals surface area contributed by atoms with E-state index in [1.165, 1.54) is 6.07 Å². The third-order valence-corrected chi connectivity index (χ3v) is 4.45.